The van der Waals surface area contributed by atoms with Gasteiger partial charge < -0.3 is 19.7 Å². The Hall–Kier alpha value is -2.83. The van der Waals surface area contributed by atoms with Crippen molar-refractivity contribution >= 4 is 11.9 Å². The number of hydrogen-bond donors (Lipinski definition) is 1. The number of carbonyl (C=O) groups excluding carboxylic acids is 1. The van der Waals surface area contributed by atoms with Crippen LogP contribution in [0.25, 0.3) is 0 Å². The molecule has 0 saturated carbocycles. The van der Waals surface area contributed by atoms with E-state index >= 15 is 0 Å². The van der Waals surface area contributed by atoms with Gasteiger partial charge in [0.2, 0.25) is 5.95 Å². The van der Waals surface area contributed by atoms with Gasteiger partial charge >= 0.3 is 0 Å². The Kier molecular flexibility index (Phi) is 4.27. The Balaban J connectivity index is 1.62. The van der Waals surface area contributed by atoms with Crippen molar-refractivity contribution < 1.29 is 14.3 Å². The van der Waals surface area contributed by atoms with Gasteiger partial charge in [0.25, 0.3) is 5.91 Å². The second-order valence-electron chi connectivity index (χ2n) is 5.19. The summed E-state index contributed by atoms with van der Waals surface area (Å²) in [6.45, 7) is 1.21. The molecule has 1 aromatic heterocycles. The Labute approximate surface area is 134 Å². The third-order valence-corrected chi connectivity index (χ3v) is 3.71. The van der Waals surface area contributed by atoms with E-state index in [1.54, 1.807) is 55.8 Å². The average Bonchev–Trinajstić information content (AvgIpc) is 2.57. The smallest absolute Gasteiger partial charge is 0.257 e. The first kappa shape index (κ1) is 15.1. The van der Waals surface area contributed by atoms with E-state index in [2.05, 4.69) is 15.3 Å². The van der Waals surface area contributed by atoms with Crippen molar-refractivity contribution in [1.29, 1.82) is 0 Å². The fraction of sp³-hybridized carbons (Fsp3) is 0.312. The van der Waals surface area contributed by atoms with Crippen molar-refractivity contribution in [2.75, 3.05) is 32.6 Å². The Morgan fingerprint density at radius 2 is 1.96 bits per heavy atom. The molecule has 1 N–H and O–H groups in total. The number of amides is 1. The molecule has 1 aromatic carbocycles. The van der Waals surface area contributed by atoms with E-state index in [1.165, 1.54) is 0 Å². The van der Waals surface area contributed by atoms with E-state index in [-0.39, 0.29) is 11.9 Å². The molecule has 1 aliphatic heterocycles. The van der Waals surface area contributed by atoms with Crippen LogP contribution in [0, 0.1) is 0 Å². The molecule has 1 fully saturated rings. The maximum absolute atomic E-state index is 12.6. The molecule has 0 spiro atoms. The van der Waals surface area contributed by atoms with Crippen LogP contribution in [0.4, 0.5) is 5.95 Å². The SMILES string of the molecule is COc1ccc(C(=O)N2CC(Nc3ncccn3)C2)c(OC)c1. The molecule has 1 saturated heterocycles. The molecule has 1 amide bonds. The van der Waals surface area contributed by atoms with E-state index in [0.29, 0.717) is 36.1 Å². The molecular weight excluding hydrogens is 296 g/mol. The summed E-state index contributed by atoms with van der Waals surface area (Å²) >= 11 is 0. The zero-order valence-electron chi connectivity index (χ0n) is 13.0. The number of nitrogens with zero attached hydrogens (tertiary/aromatic N) is 3. The van der Waals surface area contributed by atoms with Gasteiger partial charge in [0.15, 0.2) is 0 Å². The monoisotopic (exact) mass is 314 g/mol. The first-order chi connectivity index (χ1) is 11.2. The molecule has 120 valence electrons. The zero-order chi connectivity index (χ0) is 16.2. The summed E-state index contributed by atoms with van der Waals surface area (Å²) < 4.78 is 10.4. The first-order valence-corrected chi connectivity index (χ1v) is 7.26. The lowest BCUT2D eigenvalue weighted by Crippen LogP contribution is -2.57. The van der Waals surface area contributed by atoms with Gasteiger partial charge in [0.05, 0.1) is 25.8 Å². The molecule has 3 rings (SSSR count). The van der Waals surface area contributed by atoms with Crippen LogP contribution < -0.4 is 14.8 Å². The maximum Gasteiger partial charge on any atom is 0.257 e. The van der Waals surface area contributed by atoms with Crippen LogP contribution in [0.5, 0.6) is 11.5 Å². The molecule has 0 radical (unpaired) electrons. The number of carbonyl (C=O) groups is 1. The fourth-order valence-corrected chi connectivity index (χ4v) is 2.44. The van der Waals surface area contributed by atoms with Gasteiger partial charge in [0, 0.05) is 31.5 Å². The maximum atomic E-state index is 12.6. The lowest BCUT2D eigenvalue weighted by molar-refractivity contribution is 0.0621. The number of hydrogen-bond acceptors (Lipinski definition) is 6. The Bertz CT molecular complexity index is 687. The van der Waals surface area contributed by atoms with Crippen molar-refractivity contribution in [2.24, 2.45) is 0 Å². The molecule has 1 aliphatic rings. The lowest BCUT2D eigenvalue weighted by Gasteiger charge is -2.39. The van der Waals surface area contributed by atoms with Crippen LogP contribution >= 0.6 is 0 Å². The second-order valence-corrected chi connectivity index (χ2v) is 5.19. The van der Waals surface area contributed by atoms with Crippen molar-refractivity contribution in [3.05, 3.63) is 42.2 Å². The molecule has 0 unspecified atom stereocenters. The normalized spacial score (nSPS) is 14.1. The zero-order valence-corrected chi connectivity index (χ0v) is 13.0. The summed E-state index contributed by atoms with van der Waals surface area (Å²) in [5.74, 6) is 1.68. The Morgan fingerprint density at radius 3 is 2.61 bits per heavy atom. The number of rotatable bonds is 5. The molecule has 23 heavy (non-hydrogen) atoms. The summed E-state index contributed by atoms with van der Waals surface area (Å²) in [6, 6.07) is 7.10. The Morgan fingerprint density at radius 1 is 1.22 bits per heavy atom. The average molecular weight is 314 g/mol. The van der Waals surface area contributed by atoms with Crippen LogP contribution in [-0.4, -0.2) is 54.1 Å². The number of likely N-dealkylation sites (tertiary alicyclic amines) is 1. The van der Waals surface area contributed by atoms with Crippen LogP contribution in [0.15, 0.2) is 36.7 Å². The van der Waals surface area contributed by atoms with Crippen molar-refractivity contribution in [1.82, 2.24) is 14.9 Å². The molecule has 7 heteroatoms. The molecule has 0 atom stereocenters. The lowest BCUT2D eigenvalue weighted by atomic mass is 10.1. The van der Waals surface area contributed by atoms with Gasteiger partial charge in [-0.15, -0.1) is 0 Å². The van der Waals surface area contributed by atoms with Gasteiger partial charge in [-0.25, -0.2) is 9.97 Å². The van der Waals surface area contributed by atoms with Crippen LogP contribution in [0.1, 0.15) is 10.4 Å². The summed E-state index contributed by atoms with van der Waals surface area (Å²) in [4.78, 5) is 22.5. The summed E-state index contributed by atoms with van der Waals surface area (Å²) in [5, 5.41) is 3.19. The highest BCUT2D eigenvalue weighted by atomic mass is 16.5. The van der Waals surface area contributed by atoms with Gasteiger partial charge in [-0.05, 0) is 18.2 Å². The van der Waals surface area contributed by atoms with Gasteiger partial charge in [-0.1, -0.05) is 0 Å². The van der Waals surface area contributed by atoms with Crippen molar-refractivity contribution in [2.45, 2.75) is 6.04 Å². The van der Waals surface area contributed by atoms with E-state index in [0.717, 1.165) is 0 Å². The van der Waals surface area contributed by atoms with Crippen LogP contribution in [0.2, 0.25) is 0 Å². The van der Waals surface area contributed by atoms with E-state index in [1.807, 2.05) is 0 Å². The highest BCUT2D eigenvalue weighted by Crippen LogP contribution is 2.27. The van der Waals surface area contributed by atoms with E-state index in [9.17, 15) is 4.79 Å². The molecule has 2 heterocycles. The minimum Gasteiger partial charge on any atom is -0.497 e. The van der Waals surface area contributed by atoms with Gasteiger partial charge in [-0.3, -0.25) is 4.79 Å². The third-order valence-electron chi connectivity index (χ3n) is 3.71. The number of methoxy groups -OCH3 is 2. The van der Waals surface area contributed by atoms with Crippen LogP contribution in [-0.2, 0) is 0 Å². The molecule has 0 bridgehead atoms. The highest BCUT2D eigenvalue weighted by Gasteiger charge is 2.32. The van der Waals surface area contributed by atoms with Gasteiger partial charge in [-0.2, -0.15) is 0 Å². The number of aromatic nitrogens is 2. The van der Waals surface area contributed by atoms with Gasteiger partial charge in [0.1, 0.15) is 11.5 Å². The molecular formula is C16H18N4O3. The minimum absolute atomic E-state index is 0.0588. The number of benzene rings is 1. The van der Waals surface area contributed by atoms with E-state index < -0.39 is 0 Å². The third kappa shape index (κ3) is 3.18. The summed E-state index contributed by atoms with van der Waals surface area (Å²) in [5.41, 5.74) is 0.530. The number of anilines is 1. The molecule has 7 nitrogen and oxygen atoms in total. The largest absolute Gasteiger partial charge is 0.497 e. The predicted octanol–water partition coefficient (Wildman–Crippen LogP) is 1.43. The quantitative estimate of drug-likeness (QED) is 0.900. The van der Waals surface area contributed by atoms with E-state index in [4.69, 9.17) is 9.47 Å². The van der Waals surface area contributed by atoms with Crippen LogP contribution in [0.3, 0.4) is 0 Å². The predicted molar refractivity (Wildman–Crippen MR) is 84.9 cm³/mol. The standard InChI is InChI=1S/C16H18N4O3/c1-22-12-4-5-13(14(8-12)23-2)15(21)20-9-11(10-20)19-16-17-6-3-7-18-16/h3-8,11H,9-10H2,1-2H3,(H,17,18,19). The second kappa shape index (κ2) is 6.51. The first-order valence-electron chi connectivity index (χ1n) is 7.26. The molecule has 0 aliphatic carbocycles. The highest BCUT2D eigenvalue weighted by molar-refractivity contribution is 5.97. The topological polar surface area (TPSA) is 76.6 Å². The summed E-state index contributed by atoms with van der Waals surface area (Å²) in [6.07, 6.45) is 3.36. The number of nitrogens with one attached hydrogen (secondary N) is 1. The summed E-state index contributed by atoms with van der Waals surface area (Å²) in [7, 11) is 3.12. The minimum atomic E-state index is -0.0588. The van der Waals surface area contributed by atoms with Crippen molar-refractivity contribution in [3.63, 3.8) is 0 Å². The fourth-order valence-electron chi connectivity index (χ4n) is 2.44. The molecule has 2 aromatic rings. The number of ether oxygens (including phenoxy) is 2. The van der Waals surface area contributed by atoms with Crippen molar-refractivity contribution in [3.8, 4) is 11.5 Å².